The molecule has 2 N–H and O–H groups in total. The lowest BCUT2D eigenvalue weighted by molar-refractivity contribution is -0.125. The maximum Gasteiger partial charge on any atom is 0.224 e. The van der Waals surface area contributed by atoms with Gasteiger partial charge in [0.2, 0.25) is 5.91 Å². The fourth-order valence-corrected chi connectivity index (χ4v) is 5.87. The van der Waals surface area contributed by atoms with Crippen LogP contribution < -0.4 is 5.32 Å². The van der Waals surface area contributed by atoms with Crippen molar-refractivity contribution in [2.24, 2.45) is 11.8 Å². The maximum absolute atomic E-state index is 13.1. The molecule has 11 heteroatoms. The zero-order valence-electron chi connectivity index (χ0n) is 23.9. The number of halogens is 1. The summed E-state index contributed by atoms with van der Waals surface area (Å²) in [6, 6.07) is 16.4. The quantitative estimate of drug-likeness (QED) is 0.197. The number of rotatable bonds is 13. The van der Waals surface area contributed by atoms with Crippen LogP contribution in [0.25, 0.3) is 22.5 Å². The summed E-state index contributed by atoms with van der Waals surface area (Å²) in [5, 5.41) is 17.8. The standard InChI is InChI=1S/C30H36ClN7O2S/c1-5-6-11-27-33-28(31)26(16-32-30(40)25(19(2)3)18-41-20(4)39)38(27)17-21-12-14-22(15-13-21)23-9-7-8-10-24(23)29-34-36-37-35-29/h7-10,12-15,19,25H,5-6,11,16-18H2,1-4H3,(H,32,40)(H,34,35,36,37). The molecule has 0 bridgehead atoms. The number of amides is 1. The van der Waals surface area contributed by atoms with Crippen LogP contribution in [0.2, 0.25) is 5.15 Å². The van der Waals surface area contributed by atoms with E-state index in [1.54, 1.807) is 0 Å². The summed E-state index contributed by atoms with van der Waals surface area (Å²) in [6.07, 6.45) is 2.82. The number of unbranched alkanes of at least 4 members (excludes halogenated alkanes) is 1. The Bertz CT molecular complexity index is 1450. The van der Waals surface area contributed by atoms with Crippen molar-refractivity contribution >= 4 is 34.4 Å². The molecule has 2 aromatic carbocycles. The number of aromatic nitrogens is 6. The summed E-state index contributed by atoms with van der Waals surface area (Å²) in [4.78, 5) is 29.3. The Hall–Kier alpha value is -3.50. The number of thioether (sulfide) groups is 1. The monoisotopic (exact) mass is 593 g/mol. The molecule has 41 heavy (non-hydrogen) atoms. The van der Waals surface area contributed by atoms with Crippen LogP contribution in [0.3, 0.4) is 0 Å². The van der Waals surface area contributed by atoms with Crippen molar-refractivity contribution in [1.82, 2.24) is 35.5 Å². The molecule has 216 valence electrons. The first kappa shape index (κ1) is 30.5. The average molecular weight is 594 g/mol. The molecule has 0 aliphatic heterocycles. The summed E-state index contributed by atoms with van der Waals surface area (Å²) < 4.78 is 2.12. The van der Waals surface area contributed by atoms with Gasteiger partial charge in [0.1, 0.15) is 5.82 Å². The highest BCUT2D eigenvalue weighted by Gasteiger charge is 2.24. The van der Waals surface area contributed by atoms with E-state index >= 15 is 0 Å². The van der Waals surface area contributed by atoms with E-state index in [0.717, 1.165) is 53.0 Å². The minimum Gasteiger partial charge on any atom is -0.350 e. The van der Waals surface area contributed by atoms with Crippen molar-refractivity contribution in [3.05, 3.63) is 70.8 Å². The fraction of sp³-hybridized carbons (Fsp3) is 0.400. The second-order valence-corrected chi connectivity index (χ2v) is 11.9. The molecule has 4 aromatic rings. The van der Waals surface area contributed by atoms with E-state index in [9.17, 15) is 9.59 Å². The zero-order chi connectivity index (χ0) is 29.4. The summed E-state index contributed by atoms with van der Waals surface area (Å²) in [7, 11) is 0. The number of nitrogens with one attached hydrogen (secondary N) is 2. The van der Waals surface area contributed by atoms with Crippen molar-refractivity contribution in [3.63, 3.8) is 0 Å². The number of carbonyl (C=O) groups is 2. The molecule has 0 fully saturated rings. The Morgan fingerprint density at radius 1 is 1.10 bits per heavy atom. The van der Waals surface area contributed by atoms with Gasteiger partial charge in [-0.3, -0.25) is 9.59 Å². The number of imidazole rings is 1. The molecule has 1 amide bonds. The Kier molecular flexibility index (Phi) is 10.7. The van der Waals surface area contributed by atoms with Crippen LogP contribution in [0.1, 0.15) is 57.6 Å². The van der Waals surface area contributed by atoms with E-state index in [-0.39, 0.29) is 29.4 Å². The largest absolute Gasteiger partial charge is 0.350 e. The highest BCUT2D eigenvalue weighted by molar-refractivity contribution is 8.13. The van der Waals surface area contributed by atoms with E-state index in [1.165, 1.54) is 18.7 Å². The average Bonchev–Trinajstić information content (AvgIpc) is 3.59. The van der Waals surface area contributed by atoms with Crippen molar-refractivity contribution in [2.75, 3.05) is 5.75 Å². The van der Waals surface area contributed by atoms with Gasteiger partial charge in [-0.25, -0.2) is 10.1 Å². The first-order valence-corrected chi connectivity index (χ1v) is 15.2. The van der Waals surface area contributed by atoms with E-state index in [1.807, 2.05) is 38.1 Å². The zero-order valence-corrected chi connectivity index (χ0v) is 25.4. The molecule has 2 aromatic heterocycles. The third-order valence-corrected chi connectivity index (χ3v) is 8.26. The van der Waals surface area contributed by atoms with E-state index in [4.69, 9.17) is 11.6 Å². The van der Waals surface area contributed by atoms with Crippen LogP contribution in [0.4, 0.5) is 0 Å². The van der Waals surface area contributed by atoms with Crippen molar-refractivity contribution < 1.29 is 9.59 Å². The molecule has 2 heterocycles. The normalized spacial score (nSPS) is 12.0. The van der Waals surface area contributed by atoms with Gasteiger partial charge in [-0.2, -0.15) is 0 Å². The molecule has 1 atom stereocenters. The number of carbonyl (C=O) groups excluding carboxylic acids is 2. The van der Waals surface area contributed by atoms with Crippen LogP contribution in [-0.2, 0) is 29.1 Å². The summed E-state index contributed by atoms with van der Waals surface area (Å²) >= 11 is 7.83. The summed E-state index contributed by atoms with van der Waals surface area (Å²) in [5.41, 5.74) is 4.86. The molecule has 0 radical (unpaired) electrons. The summed E-state index contributed by atoms with van der Waals surface area (Å²) in [5.74, 6) is 1.71. The molecule has 0 saturated carbocycles. The van der Waals surface area contributed by atoms with E-state index in [0.29, 0.717) is 23.3 Å². The van der Waals surface area contributed by atoms with Gasteiger partial charge >= 0.3 is 0 Å². The van der Waals surface area contributed by atoms with Gasteiger partial charge in [0.15, 0.2) is 16.1 Å². The summed E-state index contributed by atoms with van der Waals surface area (Å²) in [6.45, 7) is 8.50. The van der Waals surface area contributed by atoms with Gasteiger partial charge in [-0.05, 0) is 39.5 Å². The van der Waals surface area contributed by atoms with Crippen molar-refractivity contribution in [3.8, 4) is 22.5 Å². The van der Waals surface area contributed by atoms with Crippen LogP contribution >= 0.6 is 23.4 Å². The topological polar surface area (TPSA) is 118 Å². The van der Waals surface area contributed by atoms with Gasteiger partial charge in [0.05, 0.1) is 12.2 Å². The SMILES string of the molecule is CCCCc1nc(Cl)c(CNC(=O)C(CSC(C)=O)C(C)C)n1Cc1ccc(-c2ccccc2-c2nnn[nH]2)cc1. The van der Waals surface area contributed by atoms with Crippen LogP contribution in [-0.4, -0.2) is 47.0 Å². The number of benzene rings is 2. The number of aromatic amines is 1. The first-order valence-electron chi connectivity index (χ1n) is 13.9. The Labute approximate surface area is 249 Å². The van der Waals surface area contributed by atoms with Crippen LogP contribution in [0, 0.1) is 11.8 Å². The van der Waals surface area contributed by atoms with Gasteiger partial charge < -0.3 is 9.88 Å². The van der Waals surface area contributed by atoms with Gasteiger partial charge in [0, 0.05) is 37.1 Å². The lowest BCUT2D eigenvalue weighted by atomic mass is 9.97. The maximum atomic E-state index is 13.1. The van der Waals surface area contributed by atoms with E-state index < -0.39 is 0 Å². The lowest BCUT2D eigenvalue weighted by Crippen LogP contribution is -2.35. The number of nitrogens with zero attached hydrogens (tertiary/aromatic N) is 5. The number of hydrogen-bond acceptors (Lipinski definition) is 7. The molecular formula is C30H36ClN7O2S. The second-order valence-electron chi connectivity index (χ2n) is 10.3. The Morgan fingerprint density at radius 3 is 2.46 bits per heavy atom. The van der Waals surface area contributed by atoms with Gasteiger partial charge in [-0.1, -0.05) is 99.1 Å². The van der Waals surface area contributed by atoms with Crippen LogP contribution in [0.5, 0.6) is 0 Å². The minimum absolute atomic E-state index is 0.00891. The van der Waals surface area contributed by atoms with Gasteiger partial charge in [-0.15, -0.1) is 5.10 Å². The highest BCUT2D eigenvalue weighted by Crippen LogP contribution is 2.30. The van der Waals surface area contributed by atoms with Crippen molar-refractivity contribution in [1.29, 1.82) is 0 Å². The molecule has 0 saturated heterocycles. The number of hydrogen-bond donors (Lipinski definition) is 2. The van der Waals surface area contributed by atoms with Crippen LogP contribution in [0.15, 0.2) is 48.5 Å². The van der Waals surface area contributed by atoms with Gasteiger partial charge in [0.25, 0.3) is 0 Å². The number of H-pyrrole nitrogens is 1. The molecular weight excluding hydrogens is 558 g/mol. The third-order valence-electron chi connectivity index (χ3n) is 7.03. The highest BCUT2D eigenvalue weighted by atomic mass is 35.5. The predicted octanol–water partition coefficient (Wildman–Crippen LogP) is 5.94. The molecule has 0 spiro atoms. The third kappa shape index (κ3) is 7.83. The molecule has 4 rings (SSSR count). The van der Waals surface area contributed by atoms with E-state index in [2.05, 4.69) is 66.7 Å². The molecule has 0 aliphatic carbocycles. The molecule has 0 aliphatic rings. The smallest absolute Gasteiger partial charge is 0.224 e. The predicted molar refractivity (Wildman–Crippen MR) is 163 cm³/mol. The Balaban J connectivity index is 1.56. The molecule has 1 unspecified atom stereocenters. The first-order chi connectivity index (χ1) is 19.8. The van der Waals surface area contributed by atoms with Crippen molar-refractivity contribution in [2.45, 2.75) is 60.0 Å². The lowest BCUT2D eigenvalue weighted by Gasteiger charge is -2.20. The fourth-order valence-electron chi connectivity index (χ4n) is 4.65. The number of aryl methyl sites for hydroxylation is 1. The minimum atomic E-state index is -0.276. The molecule has 9 nitrogen and oxygen atoms in total. The number of tetrazole rings is 1. The second kappa shape index (κ2) is 14.4. The Morgan fingerprint density at radius 2 is 1.83 bits per heavy atom.